The van der Waals surface area contributed by atoms with Crippen LogP contribution in [0.4, 0.5) is 0 Å². The molecule has 3 heteroatoms. The van der Waals surface area contributed by atoms with Crippen LogP contribution in [0.15, 0.2) is 42.7 Å². The van der Waals surface area contributed by atoms with E-state index < -0.39 is 0 Å². The summed E-state index contributed by atoms with van der Waals surface area (Å²) < 4.78 is 6.00. The summed E-state index contributed by atoms with van der Waals surface area (Å²) in [7, 11) is 0. The summed E-state index contributed by atoms with van der Waals surface area (Å²) in [6, 6.07) is 10.1. The maximum Gasteiger partial charge on any atom is 0.137 e. The second-order valence-corrected chi connectivity index (χ2v) is 5.30. The zero-order valence-corrected chi connectivity index (χ0v) is 12.3. The molecule has 106 valence electrons. The first kappa shape index (κ1) is 14.5. The van der Waals surface area contributed by atoms with E-state index in [1.807, 2.05) is 18.2 Å². The average Bonchev–Trinajstić information content (AvgIpc) is 2.45. The number of hydrogen-bond donors (Lipinski definition) is 1. The van der Waals surface area contributed by atoms with Crippen molar-refractivity contribution in [3.05, 3.63) is 59.4 Å². The van der Waals surface area contributed by atoms with E-state index in [0.29, 0.717) is 12.5 Å². The lowest BCUT2D eigenvalue weighted by Crippen LogP contribution is -2.18. The molecule has 1 heterocycles. The maximum atomic E-state index is 6.00. The second-order valence-electron chi connectivity index (χ2n) is 5.30. The molecule has 0 aliphatic carbocycles. The Balaban J connectivity index is 2.18. The van der Waals surface area contributed by atoms with Crippen molar-refractivity contribution in [1.82, 2.24) is 4.98 Å². The summed E-state index contributed by atoms with van der Waals surface area (Å²) in [6.45, 7) is 6.93. The zero-order chi connectivity index (χ0) is 14.5. The molecule has 2 N–H and O–H groups in total. The van der Waals surface area contributed by atoms with Crippen LogP contribution in [0.3, 0.4) is 0 Å². The number of aryl methyl sites for hydroxylation is 1. The molecule has 1 aromatic carbocycles. The van der Waals surface area contributed by atoms with Crippen LogP contribution in [0.25, 0.3) is 0 Å². The summed E-state index contributed by atoms with van der Waals surface area (Å²) in [4.78, 5) is 4.11. The number of pyridine rings is 1. The summed E-state index contributed by atoms with van der Waals surface area (Å²) in [5, 5.41) is 0. The molecule has 0 bridgehead atoms. The van der Waals surface area contributed by atoms with Gasteiger partial charge >= 0.3 is 0 Å². The van der Waals surface area contributed by atoms with Crippen molar-refractivity contribution in [2.24, 2.45) is 5.73 Å². The van der Waals surface area contributed by atoms with Crippen LogP contribution >= 0.6 is 0 Å². The van der Waals surface area contributed by atoms with Crippen molar-refractivity contribution in [2.45, 2.75) is 32.8 Å². The highest BCUT2D eigenvalue weighted by atomic mass is 16.5. The number of benzene rings is 1. The van der Waals surface area contributed by atoms with Gasteiger partial charge in [0.2, 0.25) is 0 Å². The van der Waals surface area contributed by atoms with Crippen molar-refractivity contribution >= 4 is 0 Å². The van der Waals surface area contributed by atoms with Gasteiger partial charge in [-0.2, -0.15) is 0 Å². The Bertz CT molecular complexity index is 552. The third-order valence-corrected chi connectivity index (χ3v) is 3.41. The number of nitrogens with zero attached hydrogens (tertiary/aromatic N) is 1. The van der Waals surface area contributed by atoms with E-state index in [0.717, 1.165) is 11.3 Å². The second kappa shape index (κ2) is 6.53. The highest BCUT2D eigenvalue weighted by Crippen LogP contribution is 2.26. The molecular formula is C17H22N2O. The van der Waals surface area contributed by atoms with Gasteiger partial charge in [-0.25, -0.2) is 0 Å². The highest BCUT2D eigenvalue weighted by molar-refractivity contribution is 5.36. The van der Waals surface area contributed by atoms with E-state index in [1.165, 1.54) is 11.1 Å². The minimum atomic E-state index is -0.159. The van der Waals surface area contributed by atoms with Crippen molar-refractivity contribution in [1.29, 1.82) is 0 Å². The van der Waals surface area contributed by atoms with Gasteiger partial charge in [0.1, 0.15) is 11.9 Å². The molecule has 2 aromatic rings. The normalized spacial score (nSPS) is 12.4. The molecule has 1 unspecified atom stereocenters. The first-order valence-corrected chi connectivity index (χ1v) is 6.99. The molecule has 0 aliphatic rings. The van der Waals surface area contributed by atoms with E-state index >= 15 is 0 Å². The summed E-state index contributed by atoms with van der Waals surface area (Å²) in [5.41, 5.74) is 9.42. The quantitative estimate of drug-likeness (QED) is 0.903. The van der Waals surface area contributed by atoms with Crippen LogP contribution < -0.4 is 10.5 Å². The molecule has 2 rings (SSSR count). The van der Waals surface area contributed by atoms with Crippen molar-refractivity contribution < 1.29 is 4.74 Å². The summed E-state index contributed by atoms with van der Waals surface area (Å²) >= 11 is 0. The highest BCUT2D eigenvalue weighted by Gasteiger charge is 2.12. The van der Waals surface area contributed by atoms with Gasteiger partial charge in [0.15, 0.2) is 0 Å². The van der Waals surface area contributed by atoms with Crippen molar-refractivity contribution in [3.63, 3.8) is 0 Å². The third kappa shape index (κ3) is 3.36. The predicted octanol–water partition coefficient (Wildman–Crippen LogP) is 3.59. The predicted molar refractivity (Wildman–Crippen MR) is 81.9 cm³/mol. The van der Waals surface area contributed by atoms with Gasteiger partial charge in [-0.1, -0.05) is 26.0 Å². The number of aromatic nitrogens is 1. The van der Waals surface area contributed by atoms with E-state index in [1.54, 1.807) is 12.4 Å². The van der Waals surface area contributed by atoms with E-state index in [2.05, 4.69) is 37.9 Å². The molecule has 0 saturated heterocycles. The van der Waals surface area contributed by atoms with Gasteiger partial charge in [0.05, 0.1) is 0 Å². The molecule has 0 aliphatic heterocycles. The average molecular weight is 270 g/mol. The lowest BCUT2D eigenvalue weighted by molar-refractivity contribution is 0.213. The zero-order valence-electron chi connectivity index (χ0n) is 12.3. The van der Waals surface area contributed by atoms with Gasteiger partial charge in [0.25, 0.3) is 0 Å². The lowest BCUT2D eigenvalue weighted by Gasteiger charge is -2.19. The number of ether oxygens (including phenoxy) is 1. The number of rotatable bonds is 5. The maximum absolute atomic E-state index is 6.00. The monoisotopic (exact) mass is 270 g/mol. The van der Waals surface area contributed by atoms with Crippen LogP contribution in [0.2, 0.25) is 0 Å². The van der Waals surface area contributed by atoms with E-state index in [-0.39, 0.29) is 6.10 Å². The fourth-order valence-corrected chi connectivity index (χ4v) is 2.35. The molecule has 1 aromatic heterocycles. The molecule has 3 nitrogen and oxygen atoms in total. The lowest BCUT2D eigenvalue weighted by atomic mass is 9.98. The summed E-state index contributed by atoms with van der Waals surface area (Å²) in [6.07, 6.45) is 3.39. The summed E-state index contributed by atoms with van der Waals surface area (Å²) in [5.74, 6) is 1.37. The standard InChI is InChI=1S/C17H22N2O/c1-12(2)16-7-6-15(9-13(16)3)20-17(10-18)14-5-4-8-19-11-14/h4-9,11-12,17H,10,18H2,1-3H3. The Morgan fingerprint density at radius 2 is 2.05 bits per heavy atom. The first-order chi connectivity index (χ1) is 9.61. The van der Waals surface area contributed by atoms with Gasteiger partial charge < -0.3 is 10.5 Å². The van der Waals surface area contributed by atoms with Crippen molar-refractivity contribution in [3.8, 4) is 5.75 Å². The Morgan fingerprint density at radius 1 is 1.25 bits per heavy atom. The minimum Gasteiger partial charge on any atom is -0.484 e. The Labute approximate surface area is 120 Å². The minimum absolute atomic E-state index is 0.159. The van der Waals surface area contributed by atoms with Gasteiger partial charge in [0, 0.05) is 24.5 Å². The fourth-order valence-electron chi connectivity index (χ4n) is 2.35. The molecule has 20 heavy (non-hydrogen) atoms. The largest absolute Gasteiger partial charge is 0.484 e. The van der Waals surface area contributed by atoms with Gasteiger partial charge in [-0.3, -0.25) is 4.98 Å². The van der Waals surface area contributed by atoms with Crippen LogP contribution in [0.5, 0.6) is 5.75 Å². The van der Waals surface area contributed by atoms with Gasteiger partial charge in [-0.15, -0.1) is 0 Å². The molecular weight excluding hydrogens is 248 g/mol. The molecule has 0 amide bonds. The fraction of sp³-hybridized carbons (Fsp3) is 0.353. The smallest absolute Gasteiger partial charge is 0.137 e. The van der Waals surface area contributed by atoms with E-state index in [4.69, 9.17) is 10.5 Å². The molecule has 0 saturated carbocycles. The van der Waals surface area contributed by atoms with Gasteiger partial charge in [-0.05, 0) is 42.2 Å². The molecule has 0 fully saturated rings. The number of nitrogens with two attached hydrogens (primary N) is 1. The Kier molecular flexibility index (Phi) is 4.74. The van der Waals surface area contributed by atoms with E-state index in [9.17, 15) is 0 Å². The van der Waals surface area contributed by atoms with Crippen LogP contribution in [0.1, 0.15) is 42.6 Å². The molecule has 0 radical (unpaired) electrons. The van der Waals surface area contributed by atoms with Crippen LogP contribution in [0, 0.1) is 6.92 Å². The number of hydrogen-bond acceptors (Lipinski definition) is 3. The molecule has 1 atom stereocenters. The molecule has 0 spiro atoms. The Hall–Kier alpha value is -1.87. The SMILES string of the molecule is Cc1cc(OC(CN)c2cccnc2)ccc1C(C)C. The Morgan fingerprint density at radius 3 is 2.60 bits per heavy atom. The van der Waals surface area contributed by atoms with Crippen LogP contribution in [-0.4, -0.2) is 11.5 Å². The third-order valence-electron chi connectivity index (χ3n) is 3.41. The topological polar surface area (TPSA) is 48.1 Å². The van der Waals surface area contributed by atoms with Crippen LogP contribution in [-0.2, 0) is 0 Å². The van der Waals surface area contributed by atoms with Crippen molar-refractivity contribution in [2.75, 3.05) is 6.54 Å². The first-order valence-electron chi connectivity index (χ1n) is 6.99.